The fourth-order valence-corrected chi connectivity index (χ4v) is 1.87. The first-order valence-corrected chi connectivity index (χ1v) is 5.38. The minimum absolute atomic E-state index is 0.591. The SMILES string of the molecule is CN1CC(COc2ccc(CN)cc2)C1. The normalized spacial score (nSPS) is 17.5. The number of likely N-dealkylation sites (tertiary alicyclic amines) is 1. The molecule has 1 fully saturated rings. The Morgan fingerprint density at radius 2 is 2.00 bits per heavy atom. The number of rotatable bonds is 4. The van der Waals surface area contributed by atoms with Crippen LogP contribution in [0, 0.1) is 5.92 Å². The largest absolute Gasteiger partial charge is 0.493 e. The van der Waals surface area contributed by atoms with Gasteiger partial charge in [-0.1, -0.05) is 12.1 Å². The second-order valence-electron chi connectivity index (χ2n) is 4.25. The predicted molar refractivity (Wildman–Crippen MR) is 60.8 cm³/mol. The number of nitrogens with zero attached hydrogens (tertiary/aromatic N) is 1. The molecule has 0 saturated carbocycles. The molecule has 82 valence electrons. The average molecular weight is 206 g/mol. The van der Waals surface area contributed by atoms with E-state index in [1.807, 2.05) is 24.3 Å². The van der Waals surface area contributed by atoms with Crippen LogP contribution in [0.1, 0.15) is 5.56 Å². The molecule has 0 unspecified atom stereocenters. The van der Waals surface area contributed by atoms with Crippen LogP contribution in [0.3, 0.4) is 0 Å². The molecule has 15 heavy (non-hydrogen) atoms. The first-order valence-electron chi connectivity index (χ1n) is 5.38. The number of hydrogen-bond acceptors (Lipinski definition) is 3. The summed E-state index contributed by atoms with van der Waals surface area (Å²) in [4.78, 5) is 2.30. The summed E-state index contributed by atoms with van der Waals surface area (Å²) in [5.74, 6) is 1.64. The standard InChI is InChI=1S/C12H18N2O/c1-14-7-11(8-14)9-15-12-4-2-10(6-13)3-5-12/h2-5,11H,6-9,13H2,1H3. The highest BCUT2D eigenvalue weighted by atomic mass is 16.5. The molecule has 0 bridgehead atoms. The molecule has 0 radical (unpaired) electrons. The summed E-state index contributed by atoms with van der Waals surface area (Å²) in [6.07, 6.45) is 0. The molecular formula is C12H18N2O. The second kappa shape index (κ2) is 4.64. The van der Waals surface area contributed by atoms with E-state index in [-0.39, 0.29) is 0 Å². The predicted octanol–water partition coefficient (Wildman–Crippen LogP) is 1.09. The van der Waals surface area contributed by atoms with Crippen LogP contribution in [0.15, 0.2) is 24.3 Å². The lowest BCUT2D eigenvalue weighted by Gasteiger charge is -2.35. The minimum Gasteiger partial charge on any atom is -0.493 e. The molecule has 1 aromatic rings. The molecule has 1 aliphatic heterocycles. The van der Waals surface area contributed by atoms with Gasteiger partial charge in [0.1, 0.15) is 5.75 Å². The monoisotopic (exact) mass is 206 g/mol. The summed E-state index contributed by atoms with van der Waals surface area (Å²) in [6, 6.07) is 8.01. The Hall–Kier alpha value is -1.06. The highest BCUT2D eigenvalue weighted by Crippen LogP contribution is 2.17. The topological polar surface area (TPSA) is 38.5 Å². The van der Waals surface area contributed by atoms with Gasteiger partial charge in [-0.2, -0.15) is 0 Å². The molecule has 0 spiro atoms. The Kier molecular flexibility index (Phi) is 3.23. The van der Waals surface area contributed by atoms with Crippen molar-refractivity contribution in [1.29, 1.82) is 0 Å². The van der Waals surface area contributed by atoms with Gasteiger partial charge in [0, 0.05) is 25.6 Å². The summed E-state index contributed by atoms with van der Waals surface area (Å²) in [5, 5.41) is 0. The molecule has 0 aliphatic carbocycles. The third kappa shape index (κ3) is 2.70. The van der Waals surface area contributed by atoms with E-state index in [0.29, 0.717) is 12.5 Å². The highest BCUT2D eigenvalue weighted by molar-refractivity contribution is 5.27. The van der Waals surface area contributed by atoms with Crippen LogP contribution in [0.5, 0.6) is 5.75 Å². The van der Waals surface area contributed by atoms with E-state index in [2.05, 4.69) is 11.9 Å². The van der Waals surface area contributed by atoms with E-state index in [0.717, 1.165) is 31.0 Å². The Labute approximate surface area is 90.8 Å². The summed E-state index contributed by atoms with van der Waals surface area (Å²) in [5.41, 5.74) is 6.67. The van der Waals surface area contributed by atoms with Gasteiger partial charge in [0.2, 0.25) is 0 Å². The maximum absolute atomic E-state index is 5.69. The molecule has 3 heteroatoms. The summed E-state index contributed by atoms with van der Waals surface area (Å²) < 4.78 is 5.69. The first-order chi connectivity index (χ1) is 7.28. The van der Waals surface area contributed by atoms with Gasteiger partial charge in [-0.15, -0.1) is 0 Å². The first kappa shape index (κ1) is 10.5. The molecule has 0 atom stereocenters. The molecule has 1 saturated heterocycles. The van der Waals surface area contributed by atoms with Crippen LogP contribution in [0.4, 0.5) is 0 Å². The van der Waals surface area contributed by atoms with E-state index in [1.54, 1.807) is 0 Å². The van der Waals surface area contributed by atoms with Crippen molar-refractivity contribution in [3.8, 4) is 5.75 Å². The van der Waals surface area contributed by atoms with E-state index in [4.69, 9.17) is 10.5 Å². The molecule has 2 rings (SSSR count). The van der Waals surface area contributed by atoms with Crippen LogP contribution in [-0.2, 0) is 6.54 Å². The van der Waals surface area contributed by atoms with Crippen LogP contribution in [0.2, 0.25) is 0 Å². The van der Waals surface area contributed by atoms with Crippen molar-refractivity contribution >= 4 is 0 Å². The summed E-state index contributed by atoms with van der Waals surface area (Å²) >= 11 is 0. The number of ether oxygens (including phenoxy) is 1. The molecule has 1 aromatic carbocycles. The average Bonchev–Trinajstić information content (AvgIpc) is 2.23. The zero-order valence-corrected chi connectivity index (χ0v) is 9.15. The molecule has 1 aliphatic rings. The number of hydrogen-bond donors (Lipinski definition) is 1. The van der Waals surface area contributed by atoms with E-state index in [1.165, 1.54) is 0 Å². The van der Waals surface area contributed by atoms with Crippen molar-refractivity contribution < 1.29 is 4.74 Å². The van der Waals surface area contributed by atoms with Crippen molar-refractivity contribution in [2.24, 2.45) is 11.7 Å². The fourth-order valence-electron chi connectivity index (χ4n) is 1.87. The van der Waals surface area contributed by atoms with Gasteiger partial charge in [-0.25, -0.2) is 0 Å². The van der Waals surface area contributed by atoms with Crippen molar-refractivity contribution in [2.75, 3.05) is 26.7 Å². The zero-order chi connectivity index (χ0) is 10.7. The maximum Gasteiger partial charge on any atom is 0.119 e. The van der Waals surface area contributed by atoms with Crippen LogP contribution >= 0.6 is 0 Å². The van der Waals surface area contributed by atoms with E-state index in [9.17, 15) is 0 Å². The van der Waals surface area contributed by atoms with Crippen molar-refractivity contribution in [2.45, 2.75) is 6.54 Å². The van der Waals surface area contributed by atoms with Crippen LogP contribution in [-0.4, -0.2) is 31.6 Å². The molecule has 0 aromatic heterocycles. The number of nitrogens with two attached hydrogens (primary N) is 1. The summed E-state index contributed by atoms with van der Waals surface area (Å²) in [6.45, 7) is 3.72. The molecule has 1 heterocycles. The zero-order valence-electron chi connectivity index (χ0n) is 9.15. The van der Waals surface area contributed by atoms with Gasteiger partial charge in [-0.3, -0.25) is 0 Å². The maximum atomic E-state index is 5.69. The van der Waals surface area contributed by atoms with Crippen molar-refractivity contribution in [3.05, 3.63) is 29.8 Å². The Bertz CT molecular complexity index is 304. The third-order valence-corrected chi connectivity index (χ3v) is 2.78. The Balaban J connectivity index is 1.78. The van der Waals surface area contributed by atoms with Gasteiger partial charge in [0.25, 0.3) is 0 Å². The summed E-state index contributed by atoms with van der Waals surface area (Å²) in [7, 11) is 2.13. The van der Waals surface area contributed by atoms with E-state index < -0.39 is 0 Å². The molecule has 3 nitrogen and oxygen atoms in total. The van der Waals surface area contributed by atoms with Gasteiger partial charge < -0.3 is 15.4 Å². The second-order valence-corrected chi connectivity index (χ2v) is 4.25. The Morgan fingerprint density at radius 3 is 2.53 bits per heavy atom. The third-order valence-electron chi connectivity index (χ3n) is 2.78. The molecule has 0 amide bonds. The van der Waals surface area contributed by atoms with Crippen molar-refractivity contribution in [1.82, 2.24) is 4.90 Å². The Morgan fingerprint density at radius 1 is 1.33 bits per heavy atom. The van der Waals surface area contributed by atoms with E-state index >= 15 is 0 Å². The molecular weight excluding hydrogens is 188 g/mol. The fraction of sp³-hybridized carbons (Fsp3) is 0.500. The number of benzene rings is 1. The molecule has 2 N–H and O–H groups in total. The highest BCUT2D eigenvalue weighted by Gasteiger charge is 2.23. The lowest BCUT2D eigenvalue weighted by molar-refractivity contribution is 0.0857. The van der Waals surface area contributed by atoms with Crippen LogP contribution in [0.25, 0.3) is 0 Å². The smallest absolute Gasteiger partial charge is 0.119 e. The lowest BCUT2D eigenvalue weighted by atomic mass is 10.0. The van der Waals surface area contributed by atoms with Crippen LogP contribution < -0.4 is 10.5 Å². The lowest BCUT2D eigenvalue weighted by Crippen LogP contribution is -2.46. The van der Waals surface area contributed by atoms with Gasteiger partial charge in [0.15, 0.2) is 0 Å². The van der Waals surface area contributed by atoms with Gasteiger partial charge in [-0.05, 0) is 24.7 Å². The van der Waals surface area contributed by atoms with Gasteiger partial charge >= 0.3 is 0 Å². The quantitative estimate of drug-likeness (QED) is 0.801. The van der Waals surface area contributed by atoms with Crippen molar-refractivity contribution in [3.63, 3.8) is 0 Å². The minimum atomic E-state index is 0.591. The van der Waals surface area contributed by atoms with Gasteiger partial charge in [0.05, 0.1) is 6.61 Å².